The predicted molar refractivity (Wildman–Crippen MR) is 150 cm³/mol. The van der Waals surface area contributed by atoms with Crippen LogP contribution < -0.4 is 14.2 Å². The highest BCUT2D eigenvalue weighted by Gasteiger charge is 2.48. The SMILES string of the molecule is CCCCN(CCCC)C(=O)CN1C[C@H](c2cc(OC)c3c(c2)OCO3)[C@@H](C(=O)O)[C@@H]1CCN1CCCCC1=O. The molecule has 3 atom stereocenters. The van der Waals surface area contributed by atoms with E-state index in [-0.39, 0.29) is 31.1 Å². The number of carbonyl (C=O) groups is 3. The van der Waals surface area contributed by atoms with Gasteiger partial charge in [-0.2, -0.15) is 0 Å². The third-order valence-electron chi connectivity index (χ3n) is 8.51. The first-order valence-corrected chi connectivity index (χ1v) is 14.9. The Hall–Kier alpha value is -3.01. The molecule has 10 nitrogen and oxygen atoms in total. The summed E-state index contributed by atoms with van der Waals surface area (Å²) >= 11 is 0. The van der Waals surface area contributed by atoms with Gasteiger partial charge in [0.15, 0.2) is 11.5 Å². The molecule has 2 fully saturated rings. The lowest BCUT2D eigenvalue weighted by Gasteiger charge is -2.32. The van der Waals surface area contributed by atoms with Crippen molar-refractivity contribution < 1.29 is 33.7 Å². The molecule has 222 valence electrons. The Bertz CT molecular complexity index is 1040. The topological polar surface area (TPSA) is 109 Å². The number of ether oxygens (including phenoxy) is 3. The van der Waals surface area contributed by atoms with Crippen LogP contribution in [0.1, 0.15) is 76.7 Å². The van der Waals surface area contributed by atoms with Gasteiger partial charge in [0.25, 0.3) is 0 Å². The minimum Gasteiger partial charge on any atom is -0.493 e. The van der Waals surface area contributed by atoms with Gasteiger partial charge in [0.2, 0.25) is 24.4 Å². The van der Waals surface area contributed by atoms with Crippen molar-refractivity contribution in [1.29, 1.82) is 0 Å². The molecule has 3 aliphatic heterocycles. The third kappa shape index (κ3) is 6.82. The van der Waals surface area contributed by atoms with Crippen LogP contribution in [0.25, 0.3) is 0 Å². The lowest BCUT2D eigenvalue weighted by atomic mass is 9.84. The molecule has 4 rings (SSSR count). The summed E-state index contributed by atoms with van der Waals surface area (Å²) in [5, 5.41) is 10.5. The summed E-state index contributed by atoms with van der Waals surface area (Å²) in [7, 11) is 1.55. The standard InChI is InChI=1S/C30H45N3O7/c1-4-6-12-31(13-7-5-2)27(35)19-33-18-22(21-16-24(38-3)29-25(17-21)39-20-40-29)28(30(36)37)23(33)11-15-32-14-9-8-10-26(32)34/h16-17,22-23,28H,4-15,18-20H2,1-3H3,(H,36,37)/t22-,23+,28-/m1/s1. The van der Waals surface area contributed by atoms with Crippen molar-refractivity contribution in [3.05, 3.63) is 17.7 Å². The average Bonchev–Trinajstić information content (AvgIpc) is 3.57. The molecule has 0 spiro atoms. The quantitative estimate of drug-likeness (QED) is 0.367. The molecule has 1 aromatic carbocycles. The number of nitrogens with zero attached hydrogens (tertiary/aromatic N) is 3. The van der Waals surface area contributed by atoms with Crippen molar-refractivity contribution >= 4 is 17.8 Å². The van der Waals surface area contributed by atoms with Gasteiger partial charge in [0, 0.05) is 51.1 Å². The number of likely N-dealkylation sites (tertiary alicyclic amines) is 2. The van der Waals surface area contributed by atoms with E-state index in [1.54, 1.807) is 7.11 Å². The van der Waals surface area contributed by atoms with Gasteiger partial charge in [-0.1, -0.05) is 26.7 Å². The van der Waals surface area contributed by atoms with E-state index in [1.165, 1.54) is 0 Å². The Morgan fingerprint density at radius 1 is 1.12 bits per heavy atom. The maximum absolute atomic E-state index is 13.6. The summed E-state index contributed by atoms with van der Waals surface area (Å²) in [6.45, 7) is 7.50. The number of carbonyl (C=O) groups excluding carboxylic acids is 2. The third-order valence-corrected chi connectivity index (χ3v) is 8.51. The molecule has 0 radical (unpaired) electrons. The molecular formula is C30H45N3O7. The van der Waals surface area contributed by atoms with Crippen LogP contribution in [0, 0.1) is 5.92 Å². The van der Waals surface area contributed by atoms with Crippen LogP contribution in [0.3, 0.4) is 0 Å². The first-order valence-electron chi connectivity index (χ1n) is 14.9. The maximum Gasteiger partial charge on any atom is 0.308 e. The molecule has 2 saturated heterocycles. The number of aliphatic carboxylic acids is 1. The summed E-state index contributed by atoms with van der Waals surface area (Å²) in [5.41, 5.74) is 0.788. The van der Waals surface area contributed by atoms with E-state index in [2.05, 4.69) is 13.8 Å². The second-order valence-electron chi connectivity index (χ2n) is 11.1. The summed E-state index contributed by atoms with van der Waals surface area (Å²) in [6.07, 6.45) is 6.78. The van der Waals surface area contributed by atoms with Gasteiger partial charge in [0.1, 0.15) is 0 Å². The Balaban J connectivity index is 1.62. The predicted octanol–water partition coefficient (Wildman–Crippen LogP) is 3.72. The number of fused-ring (bicyclic) bond motifs is 1. The normalized spacial score (nSPS) is 22.5. The van der Waals surface area contributed by atoms with Crippen LogP contribution >= 0.6 is 0 Å². The van der Waals surface area contributed by atoms with Crippen LogP contribution in [0.4, 0.5) is 0 Å². The molecule has 0 bridgehead atoms. The number of amides is 2. The number of hydrogen-bond donors (Lipinski definition) is 1. The Kier molecular flexibility index (Phi) is 10.5. The summed E-state index contributed by atoms with van der Waals surface area (Å²) < 4.78 is 16.7. The first-order chi connectivity index (χ1) is 19.4. The number of benzene rings is 1. The van der Waals surface area contributed by atoms with Gasteiger partial charge in [-0.05, 0) is 49.8 Å². The van der Waals surface area contributed by atoms with Gasteiger partial charge in [0.05, 0.1) is 19.6 Å². The van der Waals surface area contributed by atoms with Gasteiger partial charge in [-0.3, -0.25) is 19.3 Å². The molecule has 3 aliphatic rings. The van der Waals surface area contributed by atoms with Crippen molar-refractivity contribution in [3.8, 4) is 17.2 Å². The van der Waals surface area contributed by atoms with E-state index < -0.39 is 17.9 Å². The highest BCUT2D eigenvalue weighted by Crippen LogP contribution is 2.47. The molecule has 0 saturated carbocycles. The molecule has 2 amide bonds. The monoisotopic (exact) mass is 559 g/mol. The zero-order chi connectivity index (χ0) is 28.6. The number of carboxylic acid groups (broad SMARTS) is 1. The fraction of sp³-hybridized carbons (Fsp3) is 0.700. The summed E-state index contributed by atoms with van der Waals surface area (Å²) in [6, 6.07) is 3.28. The number of rotatable bonds is 14. The van der Waals surface area contributed by atoms with Crippen LogP contribution in [0.5, 0.6) is 17.2 Å². The zero-order valence-corrected chi connectivity index (χ0v) is 24.2. The van der Waals surface area contributed by atoms with Crippen LogP contribution in [0.15, 0.2) is 12.1 Å². The maximum atomic E-state index is 13.6. The van der Waals surface area contributed by atoms with E-state index in [0.717, 1.165) is 44.1 Å². The number of hydrogen-bond acceptors (Lipinski definition) is 7. The molecule has 3 heterocycles. The van der Waals surface area contributed by atoms with Crippen molar-refractivity contribution in [2.24, 2.45) is 5.92 Å². The van der Waals surface area contributed by atoms with Gasteiger partial charge in [-0.15, -0.1) is 0 Å². The minimum absolute atomic E-state index is 0.0361. The molecule has 0 unspecified atom stereocenters. The molecule has 1 N–H and O–H groups in total. The van der Waals surface area contributed by atoms with E-state index in [0.29, 0.717) is 62.8 Å². The van der Waals surface area contributed by atoms with Gasteiger partial charge >= 0.3 is 5.97 Å². The van der Waals surface area contributed by atoms with E-state index in [4.69, 9.17) is 14.2 Å². The fourth-order valence-corrected chi connectivity index (χ4v) is 6.27. The Labute approximate surface area is 237 Å². The average molecular weight is 560 g/mol. The van der Waals surface area contributed by atoms with E-state index >= 15 is 0 Å². The van der Waals surface area contributed by atoms with Crippen molar-refractivity contribution in [1.82, 2.24) is 14.7 Å². The molecule has 10 heteroatoms. The summed E-state index contributed by atoms with van der Waals surface area (Å²) in [5.74, 6) is -0.312. The molecular weight excluding hydrogens is 514 g/mol. The first kappa shape index (κ1) is 30.0. The van der Waals surface area contributed by atoms with Crippen molar-refractivity contribution in [2.75, 3.05) is 53.2 Å². The number of carboxylic acids is 1. The van der Waals surface area contributed by atoms with E-state index in [9.17, 15) is 19.5 Å². The van der Waals surface area contributed by atoms with Gasteiger partial charge in [-0.25, -0.2) is 0 Å². The van der Waals surface area contributed by atoms with Crippen LogP contribution in [-0.2, 0) is 14.4 Å². The molecule has 1 aromatic rings. The summed E-state index contributed by atoms with van der Waals surface area (Å²) in [4.78, 5) is 44.8. The molecule has 40 heavy (non-hydrogen) atoms. The Morgan fingerprint density at radius 2 is 1.88 bits per heavy atom. The Morgan fingerprint density at radius 3 is 2.52 bits per heavy atom. The van der Waals surface area contributed by atoms with E-state index in [1.807, 2.05) is 26.8 Å². The number of piperidine rings is 1. The molecule has 0 aliphatic carbocycles. The molecule has 0 aromatic heterocycles. The second kappa shape index (κ2) is 14.1. The lowest BCUT2D eigenvalue weighted by Crippen LogP contribution is -2.46. The highest BCUT2D eigenvalue weighted by molar-refractivity contribution is 5.79. The smallest absolute Gasteiger partial charge is 0.308 e. The van der Waals surface area contributed by atoms with Crippen molar-refractivity contribution in [2.45, 2.75) is 77.2 Å². The lowest BCUT2D eigenvalue weighted by molar-refractivity contribution is -0.144. The number of unbranched alkanes of at least 4 members (excludes halogenated alkanes) is 2. The second-order valence-corrected chi connectivity index (χ2v) is 11.1. The van der Waals surface area contributed by atoms with Gasteiger partial charge < -0.3 is 29.1 Å². The minimum atomic E-state index is -0.902. The van der Waals surface area contributed by atoms with Crippen LogP contribution in [0.2, 0.25) is 0 Å². The fourth-order valence-electron chi connectivity index (χ4n) is 6.27. The highest BCUT2D eigenvalue weighted by atomic mass is 16.7. The van der Waals surface area contributed by atoms with Crippen molar-refractivity contribution in [3.63, 3.8) is 0 Å². The largest absolute Gasteiger partial charge is 0.493 e. The van der Waals surface area contributed by atoms with Crippen LogP contribution in [-0.4, -0.2) is 96.8 Å². The number of methoxy groups -OCH3 is 1. The zero-order valence-electron chi connectivity index (χ0n) is 24.2.